The Morgan fingerprint density at radius 2 is 2.00 bits per heavy atom. The lowest BCUT2D eigenvalue weighted by molar-refractivity contribution is 0.0596. The van der Waals surface area contributed by atoms with E-state index >= 15 is 0 Å². The molecular formula is C20H23NO3. The van der Waals surface area contributed by atoms with Gasteiger partial charge in [-0.1, -0.05) is 60.2 Å². The van der Waals surface area contributed by atoms with E-state index in [4.69, 9.17) is 9.84 Å². The van der Waals surface area contributed by atoms with Gasteiger partial charge in [-0.3, -0.25) is 0 Å². The Hall–Kier alpha value is -2.43. The van der Waals surface area contributed by atoms with Gasteiger partial charge in [0.15, 0.2) is 0 Å². The predicted octanol–water partition coefficient (Wildman–Crippen LogP) is 3.38. The van der Waals surface area contributed by atoms with Gasteiger partial charge in [-0.15, -0.1) is 0 Å². The fraction of sp³-hybridized carbons (Fsp3) is 0.250. The molecule has 4 nitrogen and oxygen atoms in total. The van der Waals surface area contributed by atoms with Crippen molar-refractivity contribution in [2.24, 2.45) is 0 Å². The van der Waals surface area contributed by atoms with Crippen molar-refractivity contribution in [1.82, 2.24) is 5.32 Å². The highest BCUT2D eigenvalue weighted by atomic mass is 16.5. The molecule has 2 aromatic rings. The van der Waals surface area contributed by atoms with Crippen LogP contribution in [-0.2, 0) is 4.74 Å². The number of hydrogen-bond donors (Lipinski definition) is 2. The summed E-state index contributed by atoms with van der Waals surface area (Å²) in [6.45, 7) is 4.56. The summed E-state index contributed by atoms with van der Waals surface area (Å²) in [6.07, 6.45) is 4.45. The Balaban J connectivity index is 0.000000185. The summed E-state index contributed by atoms with van der Waals surface area (Å²) in [5.74, 6) is -0.872. The molecule has 126 valence electrons. The third kappa shape index (κ3) is 6.36. The molecule has 0 spiro atoms. The molecule has 3 rings (SSSR count). The van der Waals surface area contributed by atoms with E-state index in [0.29, 0.717) is 5.56 Å². The summed E-state index contributed by atoms with van der Waals surface area (Å²) in [4.78, 5) is 10.4. The average molecular weight is 325 g/mol. The van der Waals surface area contributed by atoms with Gasteiger partial charge in [0.05, 0.1) is 18.3 Å². The van der Waals surface area contributed by atoms with E-state index < -0.39 is 5.97 Å². The Labute approximate surface area is 142 Å². The third-order valence-corrected chi connectivity index (χ3v) is 3.52. The van der Waals surface area contributed by atoms with Crippen molar-refractivity contribution in [1.29, 1.82) is 0 Å². The highest BCUT2D eigenvalue weighted by molar-refractivity contribution is 5.87. The SMILES string of the molecule is C(=C\C1CNCCO1)/c1ccccc1.Cc1cccc(C(=O)O)c1. The van der Waals surface area contributed by atoms with E-state index in [1.165, 1.54) is 5.56 Å². The summed E-state index contributed by atoms with van der Waals surface area (Å²) < 4.78 is 5.55. The molecule has 1 aliphatic rings. The lowest BCUT2D eigenvalue weighted by Gasteiger charge is -2.20. The number of morpholine rings is 1. The number of hydrogen-bond acceptors (Lipinski definition) is 3. The van der Waals surface area contributed by atoms with Gasteiger partial charge < -0.3 is 15.2 Å². The first-order chi connectivity index (χ1) is 11.6. The first-order valence-corrected chi connectivity index (χ1v) is 8.00. The Kier molecular flexibility index (Phi) is 7.21. The summed E-state index contributed by atoms with van der Waals surface area (Å²) in [5, 5.41) is 11.8. The number of carbonyl (C=O) groups is 1. The Bertz CT molecular complexity index is 662. The zero-order valence-electron chi connectivity index (χ0n) is 13.8. The lowest BCUT2D eigenvalue weighted by Crippen LogP contribution is -2.37. The number of carboxylic acid groups (broad SMARTS) is 1. The normalized spacial score (nSPS) is 17.1. The molecule has 1 aliphatic heterocycles. The molecule has 1 atom stereocenters. The van der Waals surface area contributed by atoms with Crippen LogP contribution in [0.5, 0.6) is 0 Å². The fourth-order valence-electron chi connectivity index (χ4n) is 2.27. The molecular weight excluding hydrogens is 302 g/mol. The zero-order valence-corrected chi connectivity index (χ0v) is 13.8. The topological polar surface area (TPSA) is 58.6 Å². The van der Waals surface area contributed by atoms with Crippen molar-refractivity contribution in [2.45, 2.75) is 13.0 Å². The van der Waals surface area contributed by atoms with Gasteiger partial charge in [-0.05, 0) is 24.6 Å². The minimum absolute atomic E-state index is 0.226. The standard InChI is InChI=1S/C12H15NO.C8H8O2/c1-2-4-11(5-3-1)6-7-12-10-13-8-9-14-12;1-6-3-2-4-7(5-6)8(9)10/h1-7,12-13H,8-10H2;2-5H,1H3,(H,9,10)/b7-6+;. The van der Waals surface area contributed by atoms with Crippen molar-refractivity contribution in [3.8, 4) is 0 Å². The van der Waals surface area contributed by atoms with E-state index in [-0.39, 0.29) is 6.10 Å². The molecule has 0 amide bonds. The molecule has 24 heavy (non-hydrogen) atoms. The second kappa shape index (κ2) is 9.65. The summed E-state index contributed by atoms with van der Waals surface area (Å²) in [6, 6.07) is 17.1. The van der Waals surface area contributed by atoms with Crippen LogP contribution in [-0.4, -0.2) is 36.9 Å². The summed E-state index contributed by atoms with van der Waals surface area (Å²) in [7, 11) is 0. The second-order valence-corrected chi connectivity index (χ2v) is 5.56. The monoisotopic (exact) mass is 325 g/mol. The van der Waals surface area contributed by atoms with Crippen LogP contribution in [0.1, 0.15) is 21.5 Å². The highest BCUT2D eigenvalue weighted by Gasteiger charge is 2.08. The molecule has 2 aromatic carbocycles. The second-order valence-electron chi connectivity index (χ2n) is 5.56. The molecule has 0 bridgehead atoms. The third-order valence-electron chi connectivity index (χ3n) is 3.52. The Morgan fingerprint density at radius 1 is 1.21 bits per heavy atom. The van der Waals surface area contributed by atoms with Gasteiger partial charge in [-0.25, -0.2) is 4.79 Å². The van der Waals surface area contributed by atoms with Gasteiger partial charge in [0.2, 0.25) is 0 Å². The van der Waals surface area contributed by atoms with E-state index in [1.54, 1.807) is 18.2 Å². The van der Waals surface area contributed by atoms with Gasteiger partial charge in [0.25, 0.3) is 0 Å². The van der Waals surface area contributed by atoms with Crippen LogP contribution in [0.15, 0.2) is 60.7 Å². The first-order valence-electron chi connectivity index (χ1n) is 8.00. The maximum Gasteiger partial charge on any atom is 0.335 e. The van der Waals surface area contributed by atoms with Crippen molar-refractivity contribution in [2.75, 3.05) is 19.7 Å². The summed E-state index contributed by atoms with van der Waals surface area (Å²) in [5.41, 5.74) is 2.54. The quantitative estimate of drug-likeness (QED) is 0.908. The van der Waals surface area contributed by atoms with Crippen LogP contribution in [0.4, 0.5) is 0 Å². The number of aromatic carboxylic acids is 1. The van der Waals surface area contributed by atoms with E-state index in [0.717, 1.165) is 25.3 Å². The Morgan fingerprint density at radius 3 is 2.58 bits per heavy atom. The molecule has 1 unspecified atom stereocenters. The van der Waals surface area contributed by atoms with Crippen LogP contribution in [0.2, 0.25) is 0 Å². The van der Waals surface area contributed by atoms with Crippen molar-refractivity contribution >= 4 is 12.0 Å². The van der Waals surface area contributed by atoms with E-state index in [9.17, 15) is 4.79 Å². The molecule has 0 aliphatic carbocycles. The van der Waals surface area contributed by atoms with Crippen molar-refractivity contribution in [3.63, 3.8) is 0 Å². The number of nitrogens with one attached hydrogen (secondary N) is 1. The number of rotatable bonds is 3. The highest BCUT2D eigenvalue weighted by Crippen LogP contribution is 2.05. The smallest absolute Gasteiger partial charge is 0.335 e. The molecule has 0 radical (unpaired) electrons. The first kappa shape index (κ1) is 17.9. The van der Waals surface area contributed by atoms with Crippen LogP contribution in [0, 0.1) is 6.92 Å². The van der Waals surface area contributed by atoms with Crippen LogP contribution < -0.4 is 5.32 Å². The molecule has 4 heteroatoms. The minimum Gasteiger partial charge on any atom is -0.478 e. The fourth-order valence-corrected chi connectivity index (χ4v) is 2.27. The molecule has 1 fully saturated rings. The average Bonchev–Trinajstić information content (AvgIpc) is 2.62. The number of aryl methyl sites for hydroxylation is 1. The maximum atomic E-state index is 10.4. The lowest BCUT2D eigenvalue weighted by atomic mass is 10.1. The minimum atomic E-state index is -0.872. The molecule has 0 aromatic heterocycles. The van der Waals surface area contributed by atoms with Gasteiger partial charge in [0.1, 0.15) is 0 Å². The van der Waals surface area contributed by atoms with Crippen molar-refractivity contribution < 1.29 is 14.6 Å². The van der Waals surface area contributed by atoms with Crippen LogP contribution >= 0.6 is 0 Å². The van der Waals surface area contributed by atoms with Crippen LogP contribution in [0.25, 0.3) is 6.08 Å². The molecule has 1 saturated heterocycles. The number of benzene rings is 2. The van der Waals surface area contributed by atoms with Crippen LogP contribution in [0.3, 0.4) is 0 Å². The van der Waals surface area contributed by atoms with Gasteiger partial charge >= 0.3 is 5.97 Å². The molecule has 0 saturated carbocycles. The number of carboxylic acids is 1. The van der Waals surface area contributed by atoms with Crippen molar-refractivity contribution in [3.05, 3.63) is 77.4 Å². The predicted molar refractivity (Wildman–Crippen MR) is 96.2 cm³/mol. The van der Waals surface area contributed by atoms with E-state index in [1.807, 2.05) is 31.2 Å². The zero-order chi connectivity index (χ0) is 17.2. The maximum absolute atomic E-state index is 10.4. The van der Waals surface area contributed by atoms with Gasteiger partial charge in [-0.2, -0.15) is 0 Å². The molecule has 1 heterocycles. The van der Waals surface area contributed by atoms with E-state index in [2.05, 4.69) is 29.6 Å². The molecule has 2 N–H and O–H groups in total. The largest absolute Gasteiger partial charge is 0.478 e. The van der Waals surface area contributed by atoms with Gasteiger partial charge in [0, 0.05) is 13.1 Å². The number of ether oxygens (including phenoxy) is 1. The summed E-state index contributed by atoms with van der Waals surface area (Å²) >= 11 is 0.